The lowest BCUT2D eigenvalue weighted by Crippen LogP contribution is -2.21. The zero-order valence-electron chi connectivity index (χ0n) is 6.03. The molecular formula is C7H7ClO3S. The number of rotatable bonds is 3. The highest BCUT2D eigenvalue weighted by molar-refractivity contribution is 7.08. The Morgan fingerprint density at radius 2 is 2.33 bits per heavy atom. The summed E-state index contributed by atoms with van der Waals surface area (Å²) in [7, 11) is 0. The fourth-order valence-corrected chi connectivity index (χ4v) is 1.83. The largest absolute Gasteiger partial charge is 0.479 e. The SMILES string of the molecule is O=C(O)C(O)Cc1cscc1Cl. The van der Waals surface area contributed by atoms with Crippen LogP contribution in [0.3, 0.4) is 0 Å². The van der Waals surface area contributed by atoms with E-state index in [1.807, 2.05) is 0 Å². The maximum absolute atomic E-state index is 10.2. The Balaban J connectivity index is 2.64. The van der Waals surface area contributed by atoms with Crippen LogP contribution in [0.5, 0.6) is 0 Å². The van der Waals surface area contributed by atoms with Crippen LogP contribution in [0, 0.1) is 0 Å². The van der Waals surface area contributed by atoms with Gasteiger partial charge in [-0.1, -0.05) is 11.6 Å². The third-order valence-electron chi connectivity index (χ3n) is 1.39. The molecule has 12 heavy (non-hydrogen) atoms. The number of aliphatic hydroxyl groups is 1. The van der Waals surface area contributed by atoms with Crippen molar-refractivity contribution in [2.75, 3.05) is 0 Å². The lowest BCUT2D eigenvalue weighted by molar-refractivity contribution is -0.146. The van der Waals surface area contributed by atoms with Crippen molar-refractivity contribution in [1.29, 1.82) is 0 Å². The molecule has 0 spiro atoms. The van der Waals surface area contributed by atoms with Crippen molar-refractivity contribution in [3.63, 3.8) is 0 Å². The van der Waals surface area contributed by atoms with E-state index in [9.17, 15) is 4.79 Å². The molecule has 1 heterocycles. The minimum absolute atomic E-state index is 0.0671. The number of carbonyl (C=O) groups is 1. The second kappa shape index (κ2) is 3.89. The molecule has 0 aromatic carbocycles. The van der Waals surface area contributed by atoms with Crippen LogP contribution < -0.4 is 0 Å². The highest BCUT2D eigenvalue weighted by Crippen LogP contribution is 2.21. The molecular weight excluding hydrogens is 200 g/mol. The summed E-state index contributed by atoms with van der Waals surface area (Å²) in [6.07, 6.45) is -1.30. The number of carboxylic acids is 1. The Hall–Kier alpha value is -0.580. The molecule has 0 amide bonds. The minimum atomic E-state index is -1.36. The van der Waals surface area contributed by atoms with Gasteiger partial charge in [-0.05, 0) is 10.9 Å². The topological polar surface area (TPSA) is 57.5 Å². The number of halogens is 1. The first-order valence-electron chi connectivity index (χ1n) is 3.22. The molecule has 1 aromatic heterocycles. The highest BCUT2D eigenvalue weighted by atomic mass is 35.5. The molecule has 2 N–H and O–H groups in total. The molecule has 0 aliphatic heterocycles. The van der Waals surface area contributed by atoms with Crippen LogP contribution in [0.15, 0.2) is 10.8 Å². The molecule has 0 fully saturated rings. The van der Waals surface area contributed by atoms with Crippen LogP contribution in [0.4, 0.5) is 0 Å². The fourth-order valence-electron chi connectivity index (χ4n) is 0.749. The van der Waals surface area contributed by atoms with Crippen molar-refractivity contribution in [2.24, 2.45) is 0 Å². The maximum atomic E-state index is 10.2. The van der Waals surface area contributed by atoms with Gasteiger partial charge in [0.2, 0.25) is 0 Å². The molecule has 1 rings (SSSR count). The van der Waals surface area contributed by atoms with E-state index in [0.717, 1.165) is 0 Å². The normalized spacial score (nSPS) is 12.8. The molecule has 0 bridgehead atoms. The van der Waals surface area contributed by atoms with E-state index in [0.29, 0.717) is 10.6 Å². The zero-order valence-corrected chi connectivity index (χ0v) is 7.60. The lowest BCUT2D eigenvalue weighted by Gasteiger charge is -2.02. The van der Waals surface area contributed by atoms with Crippen molar-refractivity contribution >= 4 is 28.9 Å². The first-order chi connectivity index (χ1) is 5.61. The van der Waals surface area contributed by atoms with Gasteiger partial charge in [-0.25, -0.2) is 4.79 Å². The predicted molar refractivity (Wildman–Crippen MR) is 46.7 cm³/mol. The Bertz CT molecular complexity index is 284. The third kappa shape index (κ3) is 2.20. The summed E-state index contributed by atoms with van der Waals surface area (Å²) in [5.41, 5.74) is 0.677. The number of hydrogen-bond acceptors (Lipinski definition) is 3. The van der Waals surface area contributed by atoms with Crippen LogP contribution in [0.2, 0.25) is 5.02 Å². The molecule has 3 nitrogen and oxygen atoms in total. The molecule has 0 aliphatic rings. The van der Waals surface area contributed by atoms with E-state index in [1.165, 1.54) is 11.3 Å². The Kier molecular flexibility index (Phi) is 3.08. The second-order valence-electron chi connectivity index (χ2n) is 2.30. The number of hydrogen-bond donors (Lipinski definition) is 2. The predicted octanol–water partition coefficient (Wildman–Crippen LogP) is 1.39. The van der Waals surface area contributed by atoms with Crippen LogP contribution in [0.1, 0.15) is 5.56 Å². The summed E-state index contributed by atoms with van der Waals surface area (Å²) in [5, 5.41) is 21.3. The third-order valence-corrected chi connectivity index (χ3v) is 2.66. The molecule has 0 radical (unpaired) electrons. The lowest BCUT2D eigenvalue weighted by atomic mass is 10.1. The van der Waals surface area contributed by atoms with Gasteiger partial charge in [-0.15, -0.1) is 0 Å². The fraction of sp³-hybridized carbons (Fsp3) is 0.286. The van der Waals surface area contributed by atoms with E-state index >= 15 is 0 Å². The van der Waals surface area contributed by atoms with Gasteiger partial charge in [0.05, 0.1) is 5.02 Å². The Morgan fingerprint density at radius 3 is 2.75 bits per heavy atom. The van der Waals surface area contributed by atoms with Crippen molar-refractivity contribution in [3.05, 3.63) is 21.3 Å². The van der Waals surface area contributed by atoms with E-state index in [2.05, 4.69) is 0 Å². The Morgan fingerprint density at radius 1 is 1.67 bits per heavy atom. The smallest absolute Gasteiger partial charge is 0.332 e. The van der Waals surface area contributed by atoms with Crippen molar-refractivity contribution in [1.82, 2.24) is 0 Å². The van der Waals surface area contributed by atoms with Gasteiger partial charge >= 0.3 is 5.97 Å². The summed E-state index contributed by atoms with van der Waals surface area (Å²) in [6, 6.07) is 0. The van der Waals surface area contributed by atoms with E-state index in [-0.39, 0.29) is 6.42 Å². The van der Waals surface area contributed by atoms with Gasteiger partial charge in [0.15, 0.2) is 6.10 Å². The van der Waals surface area contributed by atoms with Crippen molar-refractivity contribution < 1.29 is 15.0 Å². The molecule has 1 atom stereocenters. The quantitative estimate of drug-likeness (QED) is 0.786. The van der Waals surface area contributed by atoms with Crippen molar-refractivity contribution in [2.45, 2.75) is 12.5 Å². The number of aliphatic hydroxyl groups excluding tert-OH is 1. The second-order valence-corrected chi connectivity index (χ2v) is 3.45. The first-order valence-corrected chi connectivity index (χ1v) is 4.54. The molecule has 0 saturated carbocycles. The number of thiophene rings is 1. The molecule has 5 heteroatoms. The van der Waals surface area contributed by atoms with Crippen LogP contribution in [0.25, 0.3) is 0 Å². The minimum Gasteiger partial charge on any atom is -0.479 e. The number of carboxylic acid groups (broad SMARTS) is 1. The average molecular weight is 207 g/mol. The summed E-state index contributed by atoms with van der Waals surface area (Å²) in [6.45, 7) is 0. The van der Waals surface area contributed by atoms with Gasteiger partial charge in [-0.3, -0.25) is 0 Å². The molecule has 0 aliphatic carbocycles. The van der Waals surface area contributed by atoms with Crippen LogP contribution >= 0.6 is 22.9 Å². The van der Waals surface area contributed by atoms with Gasteiger partial charge in [-0.2, -0.15) is 11.3 Å². The molecule has 1 unspecified atom stereocenters. The number of aliphatic carboxylic acids is 1. The average Bonchev–Trinajstić information content (AvgIpc) is 2.36. The van der Waals surface area contributed by atoms with E-state index in [4.69, 9.17) is 21.8 Å². The summed E-state index contributed by atoms with van der Waals surface area (Å²) >= 11 is 7.08. The molecule has 66 valence electrons. The molecule has 1 aromatic rings. The summed E-state index contributed by atoms with van der Waals surface area (Å²) in [4.78, 5) is 10.2. The first kappa shape index (κ1) is 9.51. The van der Waals surface area contributed by atoms with Gasteiger partial charge in [0, 0.05) is 11.8 Å². The summed E-state index contributed by atoms with van der Waals surface area (Å²) < 4.78 is 0. The van der Waals surface area contributed by atoms with Gasteiger partial charge in [0.1, 0.15) is 0 Å². The van der Waals surface area contributed by atoms with Crippen LogP contribution in [-0.2, 0) is 11.2 Å². The highest BCUT2D eigenvalue weighted by Gasteiger charge is 2.15. The van der Waals surface area contributed by atoms with E-state index < -0.39 is 12.1 Å². The maximum Gasteiger partial charge on any atom is 0.332 e. The van der Waals surface area contributed by atoms with E-state index in [1.54, 1.807) is 10.8 Å². The van der Waals surface area contributed by atoms with Gasteiger partial charge in [0.25, 0.3) is 0 Å². The molecule has 0 saturated heterocycles. The van der Waals surface area contributed by atoms with Crippen molar-refractivity contribution in [3.8, 4) is 0 Å². The van der Waals surface area contributed by atoms with Gasteiger partial charge < -0.3 is 10.2 Å². The Labute approximate surface area is 78.2 Å². The summed E-state index contributed by atoms with van der Waals surface area (Å²) in [5.74, 6) is -1.22. The van der Waals surface area contributed by atoms with Crippen LogP contribution in [-0.4, -0.2) is 22.3 Å². The zero-order chi connectivity index (χ0) is 9.14. The standard InChI is InChI=1S/C7H7ClO3S/c8-5-3-12-2-4(5)1-6(9)7(10)11/h2-3,6,9H,1H2,(H,10,11). The monoisotopic (exact) mass is 206 g/mol.